The highest BCUT2D eigenvalue weighted by Gasteiger charge is 2.11. The number of halogens is 3. The lowest BCUT2D eigenvalue weighted by Crippen LogP contribution is -2.22. The lowest BCUT2D eigenvalue weighted by atomic mass is 10.1. The van der Waals surface area contributed by atoms with E-state index >= 15 is 0 Å². The summed E-state index contributed by atoms with van der Waals surface area (Å²) in [7, 11) is 0. The van der Waals surface area contributed by atoms with Gasteiger partial charge in [-0.15, -0.1) is 0 Å². The van der Waals surface area contributed by atoms with E-state index in [1.54, 1.807) is 24.3 Å². The maximum atomic E-state index is 13.4. The molecule has 0 spiro atoms. The van der Waals surface area contributed by atoms with Crippen molar-refractivity contribution in [2.75, 3.05) is 11.9 Å². The minimum absolute atomic E-state index is 0.0260. The van der Waals surface area contributed by atoms with Crippen molar-refractivity contribution in [3.8, 4) is 0 Å². The quantitative estimate of drug-likeness (QED) is 0.828. The number of esters is 1. The number of ether oxygens (including phenoxy) is 1. The molecule has 0 fully saturated rings. The average molecular weight is 356 g/mol. The van der Waals surface area contributed by atoms with Gasteiger partial charge in [0, 0.05) is 0 Å². The number of para-hydroxylation sites is 1. The Morgan fingerprint density at radius 1 is 1.09 bits per heavy atom. The monoisotopic (exact) mass is 355 g/mol. The SMILES string of the molecule is O=C(COC(=O)Cc1ccc(Cl)c(Cl)c1)Nc1ccccc1F. The Kier molecular flexibility index (Phi) is 5.96. The van der Waals surface area contributed by atoms with Crippen LogP contribution >= 0.6 is 23.2 Å². The highest BCUT2D eigenvalue weighted by atomic mass is 35.5. The molecule has 2 aromatic rings. The van der Waals surface area contributed by atoms with Crippen LogP contribution in [0.4, 0.5) is 10.1 Å². The Morgan fingerprint density at radius 3 is 2.52 bits per heavy atom. The van der Waals surface area contributed by atoms with Crippen LogP contribution in [0, 0.1) is 5.82 Å². The largest absolute Gasteiger partial charge is 0.455 e. The lowest BCUT2D eigenvalue weighted by Gasteiger charge is -2.07. The van der Waals surface area contributed by atoms with Crippen molar-refractivity contribution in [3.05, 3.63) is 63.9 Å². The smallest absolute Gasteiger partial charge is 0.310 e. The fourth-order valence-corrected chi connectivity index (χ4v) is 2.08. The molecule has 0 saturated heterocycles. The van der Waals surface area contributed by atoms with E-state index in [0.29, 0.717) is 15.6 Å². The summed E-state index contributed by atoms with van der Waals surface area (Å²) in [6.07, 6.45) is -0.0517. The van der Waals surface area contributed by atoms with Crippen molar-refractivity contribution in [3.63, 3.8) is 0 Å². The first-order chi connectivity index (χ1) is 11.0. The van der Waals surface area contributed by atoms with Crippen LogP contribution in [0.3, 0.4) is 0 Å². The van der Waals surface area contributed by atoms with Crippen molar-refractivity contribution in [1.82, 2.24) is 0 Å². The molecule has 0 radical (unpaired) electrons. The van der Waals surface area contributed by atoms with E-state index in [9.17, 15) is 14.0 Å². The molecule has 120 valence electrons. The molecule has 2 rings (SSSR count). The number of nitrogens with one attached hydrogen (secondary N) is 1. The fourth-order valence-electron chi connectivity index (χ4n) is 1.76. The third-order valence-corrected chi connectivity index (χ3v) is 3.58. The summed E-state index contributed by atoms with van der Waals surface area (Å²) < 4.78 is 18.2. The second-order valence-electron chi connectivity index (χ2n) is 4.61. The Labute approximate surface area is 142 Å². The molecule has 2 aromatic carbocycles. The highest BCUT2D eigenvalue weighted by Crippen LogP contribution is 2.22. The molecule has 0 heterocycles. The van der Waals surface area contributed by atoms with Crippen molar-refractivity contribution in [1.29, 1.82) is 0 Å². The van der Waals surface area contributed by atoms with Crippen LogP contribution in [-0.4, -0.2) is 18.5 Å². The van der Waals surface area contributed by atoms with E-state index in [1.165, 1.54) is 18.2 Å². The van der Waals surface area contributed by atoms with Crippen LogP contribution in [0.1, 0.15) is 5.56 Å². The van der Waals surface area contributed by atoms with Crippen molar-refractivity contribution >= 4 is 40.8 Å². The van der Waals surface area contributed by atoms with Crippen molar-refractivity contribution in [2.24, 2.45) is 0 Å². The van der Waals surface area contributed by atoms with Crippen LogP contribution in [0.5, 0.6) is 0 Å². The molecule has 1 amide bonds. The first-order valence-electron chi connectivity index (χ1n) is 6.59. The summed E-state index contributed by atoms with van der Waals surface area (Å²) in [5.41, 5.74) is 0.636. The van der Waals surface area contributed by atoms with E-state index in [2.05, 4.69) is 5.32 Å². The van der Waals surface area contributed by atoms with Gasteiger partial charge in [-0.3, -0.25) is 9.59 Å². The molecule has 7 heteroatoms. The normalized spacial score (nSPS) is 10.2. The molecular formula is C16H12Cl2FNO3. The minimum atomic E-state index is -0.627. The van der Waals surface area contributed by atoms with Gasteiger partial charge in [0.25, 0.3) is 5.91 Å². The number of carbonyl (C=O) groups excluding carboxylic acids is 2. The molecule has 0 unspecified atom stereocenters. The zero-order chi connectivity index (χ0) is 16.8. The summed E-state index contributed by atoms with van der Waals surface area (Å²) in [6, 6.07) is 10.4. The topological polar surface area (TPSA) is 55.4 Å². The molecule has 0 aromatic heterocycles. The number of amides is 1. The molecule has 0 aliphatic heterocycles. The van der Waals surface area contributed by atoms with Gasteiger partial charge in [-0.05, 0) is 29.8 Å². The standard InChI is InChI=1S/C16H12Cl2FNO3/c17-11-6-5-10(7-12(11)18)8-16(22)23-9-15(21)20-14-4-2-1-3-13(14)19/h1-7H,8-9H2,(H,20,21). The molecule has 0 bridgehead atoms. The van der Waals surface area contributed by atoms with Gasteiger partial charge in [0.1, 0.15) is 5.82 Å². The van der Waals surface area contributed by atoms with Crippen LogP contribution in [-0.2, 0) is 20.7 Å². The van der Waals surface area contributed by atoms with Crippen molar-refractivity contribution in [2.45, 2.75) is 6.42 Å². The maximum absolute atomic E-state index is 13.4. The van der Waals surface area contributed by atoms with Gasteiger partial charge in [0.2, 0.25) is 0 Å². The summed E-state index contributed by atoms with van der Waals surface area (Å²) in [4.78, 5) is 23.3. The third kappa shape index (κ3) is 5.23. The summed E-state index contributed by atoms with van der Waals surface area (Å²) >= 11 is 11.6. The maximum Gasteiger partial charge on any atom is 0.310 e. The number of hydrogen-bond acceptors (Lipinski definition) is 3. The van der Waals surface area contributed by atoms with Gasteiger partial charge in [-0.2, -0.15) is 0 Å². The second kappa shape index (κ2) is 7.94. The number of benzene rings is 2. The molecular weight excluding hydrogens is 344 g/mol. The van der Waals surface area contributed by atoms with Gasteiger partial charge in [0.15, 0.2) is 6.61 Å². The lowest BCUT2D eigenvalue weighted by molar-refractivity contribution is -0.146. The van der Waals surface area contributed by atoms with Gasteiger partial charge < -0.3 is 10.1 Å². The minimum Gasteiger partial charge on any atom is -0.455 e. The van der Waals surface area contributed by atoms with Crippen LogP contribution in [0.15, 0.2) is 42.5 Å². The molecule has 1 N–H and O–H groups in total. The Bertz CT molecular complexity index is 737. The average Bonchev–Trinajstić information content (AvgIpc) is 2.51. The first kappa shape index (κ1) is 17.2. The van der Waals surface area contributed by atoms with Crippen LogP contribution in [0.25, 0.3) is 0 Å². The van der Waals surface area contributed by atoms with E-state index < -0.39 is 24.3 Å². The van der Waals surface area contributed by atoms with E-state index in [1.807, 2.05) is 0 Å². The Hall–Kier alpha value is -2.11. The van der Waals surface area contributed by atoms with Gasteiger partial charge >= 0.3 is 5.97 Å². The summed E-state index contributed by atoms with van der Waals surface area (Å²) in [6.45, 7) is -0.505. The number of hydrogen-bond donors (Lipinski definition) is 1. The van der Waals surface area contributed by atoms with Gasteiger partial charge in [0.05, 0.1) is 22.2 Å². The Morgan fingerprint density at radius 2 is 1.83 bits per heavy atom. The molecule has 0 aliphatic rings. The molecule has 0 aliphatic carbocycles. The predicted octanol–water partition coefficient (Wildman–Crippen LogP) is 3.86. The fraction of sp³-hybridized carbons (Fsp3) is 0.125. The van der Waals surface area contributed by atoms with E-state index in [4.69, 9.17) is 27.9 Å². The predicted molar refractivity (Wildman–Crippen MR) is 86.2 cm³/mol. The van der Waals surface area contributed by atoms with E-state index in [-0.39, 0.29) is 12.1 Å². The van der Waals surface area contributed by atoms with Gasteiger partial charge in [-0.1, -0.05) is 41.4 Å². The number of anilines is 1. The summed E-state index contributed by atoms with van der Waals surface area (Å²) in [5, 5.41) is 3.03. The first-order valence-corrected chi connectivity index (χ1v) is 7.35. The number of rotatable bonds is 5. The Balaban J connectivity index is 1.83. The number of carbonyl (C=O) groups is 2. The van der Waals surface area contributed by atoms with E-state index in [0.717, 1.165) is 0 Å². The van der Waals surface area contributed by atoms with Crippen molar-refractivity contribution < 1.29 is 18.7 Å². The third-order valence-electron chi connectivity index (χ3n) is 2.84. The molecule has 4 nitrogen and oxygen atoms in total. The molecule has 0 atom stereocenters. The second-order valence-corrected chi connectivity index (χ2v) is 5.43. The summed E-state index contributed by atoms with van der Waals surface area (Å²) in [5.74, 6) is -1.80. The van der Waals surface area contributed by atoms with Gasteiger partial charge in [-0.25, -0.2) is 4.39 Å². The zero-order valence-corrected chi connectivity index (χ0v) is 13.3. The van der Waals surface area contributed by atoms with Crippen LogP contribution < -0.4 is 5.32 Å². The highest BCUT2D eigenvalue weighted by molar-refractivity contribution is 6.42. The molecule has 0 saturated carbocycles. The van der Waals surface area contributed by atoms with Crippen LogP contribution in [0.2, 0.25) is 10.0 Å². The molecule has 23 heavy (non-hydrogen) atoms. The zero-order valence-electron chi connectivity index (χ0n) is 11.8.